The van der Waals surface area contributed by atoms with Gasteiger partial charge in [-0.15, -0.1) is 0 Å². The zero-order chi connectivity index (χ0) is 23.5. The van der Waals surface area contributed by atoms with Crippen molar-refractivity contribution in [3.05, 3.63) is 96.1 Å². The molecule has 0 saturated heterocycles. The Morgan fingerprint density at radius 1 is 0.848 bits per heavy atom. The predicted molar refractivity (Wildman–Crippen MR) is 125 cm³/mol. The highest BCUT2D eigenvalue weighted by Crippen LogP contribution is 2.27. The van der Waals surface area contributed by atoms with Crippen molar-refractivity contribution in [2.45, 2.75) is 11.3 Å². The zero-order valence-corrected chi connectivity index (χ0v) is 19.1. The van der Waals surface area contributed by atoms with Crippen LogP contribution in [0, 0.1) is 0 Å². The summed E-state index contributed by atoms with van der Waals surface area (Å²) < 4.78 is 57.4. The summed E-state index contributed by atoms with van der Waals surface area (Å²) in [5.74, 6) is 0.265. The Hall–Kier alpha value is -3.27. The number of ether oxygens (including phenoxy) is 1. The molecule has 0 spiro atoms. The first-order chi connectivity index (χ1) is 15.7. The van der Waals surface area contributed by atoms with Crippen LogP contribution in [-0.2, 0) is 31.1 Å². The summed E-state index contributed by atoms with van der Waals surface area (Å²) in [7, 11) is -7.27. The first-order valence-electron chi connectivity index (χ1n) is 10.1. The molecule has 0 atom stereocenters. The Morgan fingerprint density at radius 3 is 2.09 bits per heavy atom. The number of para-hydroxylation sites is 1. The Bertz CT molecular complexity index is 1390. The van der Waals surface area contributed by atoms with Gasteiger partial charge in [0, 0.05) is 12.6 Å². The monoisotopic (exact) mass is 483 g/mol. The minimum atomic E-state index is -3.69. The second kappa shape index (κ2) is 9.30. The minimum Gasteiger partial charge on any atom is -0.457 e. The summed E-state index contributed by atoms with van der Waals surface area (Å²) >= 11 is 0. The Kier molecular flexibility index (Phi) is 6.46. The van der Waals surface area contributed by atoms with Gasteiger partial charge in [-0.2, -0.15) is 0 Å². The van der Waals surface area contributed by atoms with Gasteiger partial charge in [-0.05, 0) is 53.9 Å². The second-order valence-corrected chi connectivity index (χ2v) is 11.2. The van der Waals surface area contributed by atoms with E-state index in [1.807, 2.05) is 30.3 Å². The molecule has 0 bridgehead atoms. The predicted octanol–water partition coefficient (Wildman–Crippen LogP) is 3.34. The fraction of sp³-hybridized carbons (Fsp3) is 0.125. The van der Waals surface area contributed by atoms with Crippen molar-refractivity contribution in [2.24, 2.45) is 0 Å². The summed E-state index contributed by atoms with van der Waals surface area (Å²) in [5.41, 5.74) is 1.28. The standard InChI is InChI=1S/C24H21NO6S2/c26-20-16-24(32(27,28)17-20)19-8-6-18(7-9-19)14-15-25-33(29,30)23-12-10-22(11-13-23)31-21-4-2-1-3-5-21/h1-13,16,25H,14-15,17H2. The lowest BCUT2D eigenvalue weighted by molar-refractivity contribution is -0.112. The van der Waals surface area contributed by atoms with Crippen molar-refractivity contribution < 1.29 is 26.4 Å². The van der Waals surface area contributed by atoms with E-state index in [9.17, 15) is 21.6 Å². The van der Waals surface area contributed by atoms with E-state index in [0.717, 1.165) is 11.6 Å². The number of nitrogens with one attached hydrogen (secondary N) is 1. The molecule has 9 heteroatoms. The van der Waals surface area contributed by atoms with E-state index in [1.165, 1.54) is 12.1 Å². The largest absolute Gasteiger partial charge is 0.457 e. The maximum absolute atomic E-state index is 12.6. The van der Waals surface area contributed by atoms with Crippen LogP contribution in [0.4, 0.5) is 0 Å². The fourth-order valence-corrected chi connectivity index (χ4v) is 5.82. The van der Waals surface area contributed by atoms with Crippen molar-refractivity contribution in [3.8, 4) is 11.5 Å². The van der Waals surface area contributed by atoms with Crippen molar-refractivity contribution in [1.29, 1.82) is 0 Å². The number of ketones is 1. The Morgan fingerprint density at radius 2 is 1.48 bits per heavy atom. The molecule has 33 heavy (non-hydrogen) atoms. The fourth-order valence-electron chi connectivity index (χ4n) is 3.37. The van der Waals surface area contributed by atoms with Crippen LogP contribution in [0.1, 0.15) is 11.1 Å². The highest BCUT2D eigenvalue weighted by atomic mass is 32.2. The molecule has 0 unspecified atom stereocenters. The van der Waals surface area contributed by atoms with Gasteiger partial charge >= 0.3 is 0 Å². The van der Waals surface area contributed by atoms with Crippen molar-refractivity contribution in [2.75, 3.05) is 12.3 Å². The van der Waals surface area contributed by atoms with Crippen LogP contribution in [0.5, 0.6) is 11.5 Å². The summed E-state index contributed by atoms with van der Waals surface area (Å²) in [6, 6.07) is 22.0. The maximum Gasteiger partial charge on any atom is 0.240 e. The van der Waals surface area contributed by atoms with Gasteiger partial charge < -0.3 is 4.74 Å². The van der Waals surface area contributed by atoms with Crippen LogP contribution in [0.25, 0.3) is 4.91 Å². The molecule has 1 heterocycles. The van der Waals surface area contributed by atoms with Gasteiger partial charge in [0.25, 0.3) is 0 Å². The number of hydrogen-bond donors (Lipinski definition) is 1. The van der Waals surface area contributed by atoms with E-state index in [1.54, 1.807) is 36.4 Å². The van der Waals surface area contributed by atoms with E-state index >= 15 is 0 Å². The van der Waals surface area contributed by atoms with Gasteiger partial charge in [-0.1, -0.05) is 42.5 Å². The topological polar surface area (TPSA) is 107 Å². The molecule has 3 aromatic carbocycles. The quantitative estimate of drug-likeness (QED) is 0.527. The molecule has 4 rings (SSSR count). The van der Waals surface area contributed by atoms with Crippen molar-refractivity contribution >= 4 is 30.5 Å². The first kappa shape index (κ1) is 22.9. The van der Waals surface area contributed by atoms with Crippen molar-refractivity contribution in [1.82, 2.24) is 4.72 Å². The van der Waals surface area contributed by atoms with E-state index < -0.39 is 31.4 Å². The third kappa shape index (κ3) is 5.57. The lowest BCUT2D eigenvalue weighted by atomic mass is 10.1. The Balaban J connectivity index is 1.34. The average molecular weight is 484 g/mol. The maximum atomic E-state index is 12.6. The van der Waals surface area contributed by atoms with Gasteiger partial charge in [0.05, 0.1) is 9.80 Å². The number of sulfone groups is 1. The van der Waals surface area contributed by atoms with Crippen LogP contribution in [0.2, 0.25) is 0 Å². The van der Waals surface area contributed by atoms with Crippen LogP contribution in [0.15, 0.2) is 89.8 Å². The van der Waals surface area contributed by atoms with Gasteiger partial charge in [0.1, 0.15) is 17.3 Å². The van der Waals surface area contributed by atoms with Crippen LogP contribution >= 0.6 is 0 Å². The number of carbonyl (C=O) groups excluding carboxylic acids is 1. The zero-order valence-electron chi connectivity index (χ0n) is 17.5. The molecule has 170 valence electrons. The number of carbonyl (C=O) groups is 1. The van der Waals surface area contributed by atoms with Crippen molar-refractivity contribution in [3.63, 3.8) is 0 Å². The highest BCUT2D eigenvalue weighted by molar-refractivity contribution is 8.01. The van der Waals surface area contributed by atoms with Gasteiger partial charge in [-0.25, -0.2) is 21.6 Å². The van der Waals surface area contributed by atoms with Gasteiger partial charge in [0.15, 0.2) is 15.6 Å². The summed E-state index contributed by atoms with van der Waals surface area (Å²) in [4.78, 5) is 11.6. The number of allylic oxidation sites excluding steroid dienone is 1. The molecule has 0 saturated carbocycles. The molecule has 7 nitrogen and oxygen atoms in total. The lowest BCUT2D eigenvalue weighted by Gasteiger charge is -2.09. The molecule has 1 aliphatic heterocycles. The molecule has 0 amide bonds. The van der Waals surface area contributed by atoms with E-state index in [4.69, 9.17) is 4.74 Å². The van der Waals surface area contributed by atoms with Crippen LogP contribution in [0.3, 0.4) is 0 Å². The number of hydrogen-bond acceptors (Lipinski definition) is 6. The number of sulfonamides is 1. The highest BCUT2D eigenvalue weighted by Gasteiger charge is 2.29. The normalized spacial score (nSPS) is 15.3. The lowest BCUT2D eigenvalue weighted by Crippen LogP contribution is -2.25. The summed E-state index contributed by atoms with van der Waals surface area (Å²) in [6.45, 7) is 0.170. The molecular formula is C24H21NO6S2. The molecule has 0 aromatic heterocycles. The smallest absolute Gasteiger partial charge is 0.240 e. The summed E-state index contributed by atoms with van der Waals surface area (Å²) in [5, 5.41) is 0. The third-order valence-electron chi connectivity index (χ3n) is 5.02. The Labute approximate surface area is 192 Å². The molecule has 1 N–H and O–H groups in total. The molecule has 1 aliphatic rings. The summed E-state index contributed by atoms with van der Waals surface area (Å²) in [6.07, 6.45) is 1.56. The van der Waals surface area contributed by atoms with E-state index in [2.05, 4.69) is 4.72 Å². The number of rotatable bonds is 8. The third-order valence-corrected chi connectivity index (χ3v) is 8.18. The second-order valence-electron chi connectivity index (χ2n) is 7.47. The van der Waals surface area contributed by atoms with Crippen LogP contribution in [-0.4, -0.2) is 34.9 Å². The van der Waals surface area contributed by atoms with Gasteiger partial charge in [0.2, 0.25) is 10.0 Å². The molecule has 0 fully saturated rings. The molecule has 3 aromatic rings. The number of benzene rings is 3. The average Bonchev–Trinajstić information content (AvgIpc) is 3.07. The van der Waals surface area contributed by atoms with Crippen LogP contribution < -0.4 is 9.46 Å². The first-order valence-corrected chi connectivity index (χ1v) is 13.3. The SMILES string of the molecule is O=C1C=C(c2ccc(CCNS(=O)(=O)c3ccc(Oc4ccccc4)cc3)cc2)S(=O)(=O)C1. The molecule has 0 aliphatic carbocycles. The molecule has 0 radical (unpaired) electrons. The minimum absolute atomic E-state index is 0.0273. The van der Waals surface area contributed by atoms with E-state index in [-0.39, 0.29) is 16.3 Å². The molecular weight excluding hydrogens is 462 g/mol. The van der Waals surface area contributed by atoms with Gasteiger partial charge in [-0.3, -0.25) is 4.79 Å². The van der Waals surface area contributed by atoms with E-state index in [0.29, 0.717) is 23.5 Å².